The summed E-state index contributed by atoms with van der Waals surface area (Å²) >= 11 is 6.35. The Morgan fingerprint density at radius 2 is 1.64 bits per heavy atom. The summed E-state index contributed by atoms with van der Waals surface area (Å²) in [6.07, 6.45) is 0. The van der Waals surface area contributed by atoms with Gasteiger partial charge >= 0.3 is 0 Å². The second-order valence-corrected chi connectivity index (χ2v) is 8.37. The van der Waals surface area contributed by atoms with E-state index in [9.17, 15) is 0 Å². The molecule has 1 heterocycles. The van der Waals surface area contributed by atoms with Crippen LogP contribution in [0.25, 0.3) is 10.1 Å². The molecule has 3 aromatic rings. The zero-order valence-corrected chi connectivity index (χ0v) is 15.0. The monoisotopic (exact) mass is 328 g/mol. The largest absolute Gasteiger partial charge is 0.446 e. The summed E-state index contributed by atoms with van der Waals surface area (Å²) in [4.78, 5) is 0. The van der Waals surface area contributed by atoms with Crippen molar-refractivity contribution in [1.82, 2.24) is 0 Å². The van der Waals surface area contributed by atoms with Crippen LogP contribution in [0.5, 0.6) is 10.8 Å². The molecule has 0 unspecified atom stereocenters. The van der Waals surface area contributed by atoms with E-state index in [1.165, 1.54) is 15.6 Å². The van der Waals surface area contributed by atoms with Gasteiger partial charge in [-0.25, -0.2) is 0 Å². The zero-order valence-electron chi connectivity index (χ0n) is 13.3. The van der Waals surface area contributed by atoms with E-state index in [0.29, 0.717) is 0 Å². The molecule has 2 aromatic carbocycles. The number of rotatable bonds is 3. The zero-order chi connectivity index (χ0) is 15.9. The molecule has 0 aliphatic carbocycles. The van der Waals surface area contributed by atoms with Crippen LogP contribution in [0.1, 0.15) is 30.5 Å². The molecule has 1 nitrogen and oxygen atoms in total. The highest BCUT2D eigenvalue weighted by molar-refractivity contribution is 7.81. The Bertz CT molecular complexity index is 769. The van der Waals surface area contributed by atoms with Gasteiger partial charge < -0.3 is 4.74 Å². The number of ether oxygens (including phenoxy) is 1. The molecule has 0 aliphatic rings. The third-order valence-electron chi connectivity index (χ3n) is 3.77. The number of aryl methyl sites for hydroxylation is 2. The molecular formula is C19H20OS2. The number of benzene rings is 2. The molecule has 22 heavy (non-hydrogen) atoms. The van der Waals surface area contributed by atoms with Crippen molar-refractivity contribution in [1.29, 1.82) is 0 Å². The van der Waals surface area contributed by atoms with Crippen LogP contribution < -0.4 is 4.74 Å². The Labute approximate surface area is 141 Å². The molecule has 1 aromatic heterocycles. The van der Waals surface area contributed by atoms with E-state index < -0.39 is 0 Å². The number of hydrogen-bond acceptors (Lipinski definition) is 3. The third kappa shape index (κ3) is 3.01. The molecular weight excluding hydrogens is 308 g/mol. The molecule has 0 atom stereocenters. The lowest BCUT2D eigenvalue weighted by atomic mass is 9.97. The summed E-state index contributed by atoms with van der Waals surface area (Å²) in [5.74, 6) is 0.952. The average Bonchev–Trinajstić information content (AvgIpc) is 2.84. The second kappa shape index (κ2) is 5.64. The smallest absolute Gasteiger partial charge is 0.182 e. The normalized spacial score (nSPS) is 11.9. The molecule has 0 radical (unpaired) electrons. The molecule has 0 N–H and O–H groups in total. The molecule has 0 fully saturated rings. The highest BCUT2D eigenvalue weighted by atomic mass is 32.1. The average molecular weight is 329 g/mol. The SMILES string of the molecule is Cc1cc(C(C)(C)S)cc(C)c1Oc1cc2ccccc2s1. The van der Waals surface area contributed by atoms with Gasteiger partial charge in [0, 0.05) is 15.5 Å². The summed E-state index contributed by atoms with van der Waals surface area (Å²) in [6.45, 7) is 8.41. The van der Waals surface area contributed by atoms with E-state index in [-0.39, 0.29) is 4.75 Å². The molecule has 0 amide bonds. The van der Waals surface area contributed by atoms with Gasteiger partial charge in [0.15, 0.2) is 5.06 Å². The highest BCUT2D eigenvalue weighted by Crippen LogP contribution is 2.39. The van der Waals surface area contributed by atoms with Crippen molar-refractivity contribution in [2.24, 2.45) is 0 Å². The van der Waals surface area contributed by atoms with Crippen molar-refractivity contribution in [3.8, 4) is 10.8 Å². The summed E-state index contributed by atoms with van der Waals surface area (Å²) in [6, 6.07) is 14.8. The molecule has 0 aliphatic heterocycles. The van der Waals surface area contributed by atoms with Crippen molar-refractivity contribution < 1.29 is 4.74 Å². The number of thiol groups is 1. The maximum Gasteiger partial charge on any atom is 0.182 e. The van der Waals surface area contributed by atoms with Crippen LogP contribution in [0.2, 0.25) is 0 Å². The summed E-state index contributed by atoms with van der Waals surface area (Å²) in [5.41, 5.74) is 3.51. The number of hydrogen-bond donors (Lipinski definition) is 1. The number of thiophene rings is 1. The van der Waals surface area contributed by atoms with Gasteiger partial charge in [0.25, 0.3) is 0 Å². The molecule has 0 saturated heterocycles. The van der Waals surface area contributed by atoms with Crippen molar-refractivity contribution in [3.63, 3.8) is 0 Å². The Hall–Kier alpha value is -1.45. The molecule has 3 heteroatoms. The van der Waals surface area contributed by atoms with Gasteiger partial charge in [-0.2, -0.15) is 12.6 Å². The lowest BCUT2D eigenvalue weighted by Crippen LogP contribution is -2.08. The first kappa shape index (κ1) is 15.4. The van der Waals surface area contributed by atoms with Crippen molar-refractivity contribution in [3.05, 3.63) is 59.2 Å². The maximum atomic E-state index is 6.19. The predicted octanol–water partition coefficient (Wildman–Crippen LogP) is 6.48. The van der Waals surface area contributed by atoms with E-state index in [1.54, 1.807) is 11.3 Å². The third-order valence-corrected chi connectivity index (χ3v) is 5.02. The first-order chi connectivity index (χ1) is 10.3. The second-order valence-electron chi connectivity index (χ2n) is 6.20. The van der Waals surface area contributed by atoms with Gasteiger partial charge in [0.2, 0.25) is 0 Å². The Kier molecular flexibility index (Phi) is 3.96. The lowest BCUT2D eigenvalue weighted by Gasteiger charge is -2.21. The quantitative estimate of drug-likeness (QED) is 0.542. The topological polar surface area (TPSA) is 9.23 Å². The Morgan fingerprint density at radius 1 is 1.00 bits per heavy atom. The van der Waals surface area contributed by atoms with Crippen LogP contribution in [-0.2, 0) is 4.75 Å². The van der Waals surface area contributed by atoms with Crippen molar-refractivity contribution in [2.45, 2.75) is 32.4 Å². The summed E-state index contributed by atoms with van der Waals surface area (Å²) in [5, 5.41) is 2.16. The fraction of sp³-hybridized carbons (Fsp3) is 0.263. The van der Waals surface area contributed by atoms with E-state index >= 15 is 0 Å². The molecule has 3 rings (SSSR count). The van der Waals surface area contributed by atoms with E-state index in [4.69, 9.17) is 4.74 Å². The lowest BCUT2D eigenvalue weighted by molar-refractivity contribution is 0.488. The van der Waals surface area contributed by atoms with Crippen molar-refractivity contribution in [2.75, 3.05) is 0 Å². The fourth-order valence-electron chi connectivity index (χ4n) is 2.57. The van der Waals surface area contributed by atoms with Gasteiger partial charge in [-0.1, -0.05) is 41.7 Å². The Morgan fingerprint density at radius 3 is 2.23 bits per heavy atom. The minimum absolute atomic E-state index is 0.147. The highest BCUT2D eigenvalue weighted by Gasteiger charge is 2.18. The van der Waals surface area contributed by atoms with E-state index in [0.717, 1.165) is 21.9 Å². The summed E-state index contributed by atoms with van der Waals surface area (Å²) < 4.78 is 7.29. The van der Waals surface area contributed by atoms with Gasteiger partial charge in [0.1, 0.15) is 5.75 Å². The van der Waals surface area contributed by atoms with E-state index in [2.05, 4.69) is 82.8 Å². The molecule has 0 saturated carbocycles. The van der Waals surface area contributed by atoms with Gasteiger partial charge in [-0.05, 0) is 55.8 Å². The van der Waals surface area contributed by atoms with Gasteiger partial charge in [0.05, 0.1) is 0 Å². The molecule has 0 bridgehead atoms. The van der Waals surface area contributed by atoms with Gasteiger partial charge in [-0.15, -0.1) is 0 Å². The van der Waals surface area contributed by atoms with Crippen LogP contribution in [0.4, 0.5) is 0 Å². The van der Waals surface area contributed by atoms with Crippen LogP contribution in [-0.4, -0.2) is 0 Å². The predicted molar refractivity (Wildman–Crippen MR) is 99.8 cm³/mol. The standard InChI is InChI=1S/C19H20OS2/c1-12-9-15(19(3,4)21)10-13(2)18(12)20-17-11-14-7-5-6-8-16(14)22-17/h5-11,21H,1-4H3. The van der Waals surface area contributed by atoms with Crippen molar-refractivity contribution >= 4 is 34.1 Å². The Balaban J connectivity index is 1.98. The minimum Gasteiger partial charge on any atom is -0.446 e. The van der Waals surface area contributed by atoms with Crippen LogP contribution >= 0.6 is 24.0 Å². The maximum absolute atomic E-state index is 6.19. The fourth-order valence-corrected chi connectivity index (χ4v) is 3.62. The molecule has 114 valence electrons. The first-order valence-electron chi connectivity index (χ1n) is 7.35. The van der Waals surface area contributed by atoms with E-state index in [1.807, 2.05) is 0 Å². The van der Waals surface area contributed by atoms with Gasteiger partial charge in [-0.3, -0.25) is 0 Å². The van der Waals surface area contributed by atoms with Crippen LogP contribution in [0, 0.1) is 13.8 Å². The minimum atomic E-state index is -0.147. The summed E-state index contributed by atoms with van der Waals surface area (Å²) in [7, 11) is 0. The van der Waals surface area contributed by atoms with Crippen LogP contribution in [0.3, 0.4) is 0 Å². The number of fused-ring (bicyclic) bond motifs is 1. The first-order valence-corrected chi connectivity index (χ1v) is 8.61. The molecule has 0 spiro atoms. The van der Waals surface area contributed by atoms with Crippen LogP contribution in [0.15, 0.2) is 42.5 Å².